The number of piperidine rings is 1. The van der Waals surface area contributed by atoms with Crippen LogP contribution in [0.15, 0.2) is 42.9 Å². The van der Waals surface area contributed by atoms with Crippen LogP contribution in [0, 0.1) is 5.82 Å². The number of nitrogens with zero attached hydrogens (tertiary/aromatic N) is 4. The lowest BCUT2D eigenvalue weighted by Gasteiger charge is -2.44. The average Bonchev–Trinajstić information content (AvgIpc) is 3.29. The number of nitrogens with two attached hydrogens (primary N) is 1. The number of imidazole rings is 1. The SMILES string of the molecule is Nc1nc2cc(F)c(C(=O)N3CC[C@H]4C[C@@H]3c3ccc(C(F)(F)F)cc3O4)cc2n2cncc12. The predicted octanol–water partition coefficient (Wildman–Crippen LogP) is 4.36. The highest BCUT2D eigenvalue weighted by Crippen LogP contribution is 2.45. The van der Waals surface area contributed by atoms with Gasteiger partial charge in [0, 0.05) is 31.0 Å². The summed E-state index contributed by atoms with van der Waals surface area (Å²) in [6.07, 6.45) is -0.958. The van der Waals surface area contributed by atoms with Gasteiger partial charge in [-0.2, -0.15) is 13.2 Å². The molecule has 2 aromatic heterocycles. The van der Waals surface area contributed by atoms with Crippen molar-refractivity contribution < 1.29 is 27.1 Å². The molecule has 2 bridgehead atoms. The molecule has 174 valence electrons. The summed E-state index contributed by atoms with van der Waals surface area (Å²) in [4.78, 5) is 23.3. The van der Waals surface area contributed by atoms with Crippen LogP contribution in [0.5, 0.6) is 5.75 Å². The van der Waals surface area contributed by atoms with E-state index in [1.165, 1.54) is 29.6 Å². The number of carbonyl (C=O) groups excluding carboxylic acids is 1. The smallest absolute Gasteiger partial charge is 0.416 e. The largest absolute Gasteiger partial charge is 0.490 e. The molecule has 4 aromatic rings. The Kier molecular flexibility index (Phi) is 4.29. The maximum atomic E-state index is 15.1. The fourth-order valence-electron chi connectivity index (χ4n) is 4.86. The molecule has 0 unspecified atom stereocenters. The van der Waals surface area contributed by atoms with Crippen LogP contribution in [0.2, 0.25) is 0 Å². The van der Waals surface area contributed by atoms with E-state index in [9.17, 15) is 18.0 Å². The van der Waals surface area contributed by atoms with Gasteiger partial charge in [0.25, 0.3) is 5.91 Å². The summed E-state index contributed by atoms with van der Waals surface area (Å²) in [6, 6.07) is 5.31. The maximum absolute atomic E-state index is 15.1. The van der Waals surface area contributed by atoms with E-state index in [0.29, 0.717) is 29.4 Å². The Balaban J connectivity index is 1.42. The zero-order valence-electron chi connectivity index (χ0n) is 17.5. The molecule has 0 radical (unpaired) electrons. The van der Waals surface area contributed by atoms with Crippen LogP contribution in [-0.4, -0.2) is 37.8 Å². The molecule has 0 aliphatic carbocycles. The van der Waals surface area contributed by atoms with E-state index in [-0.39, 0.29) is 35.3 Å². The summed E-state index contributed by atoms with van der Waals surface area (Å²) in [7, 11) is 0. The van der Waals surface area contributed by atoms with Gasteiger partial charge in [0.05, 0.1) is 40.7 Å². The summed E-state index contributed by atoms with van der Waals surface area (Å²) in [5.41, 5.74) is 6.67. The highest BCUT2D eigenvalue weighted by molar-refractivity contribution is 5.99. The van der Waals surface area contributed by atoms with E-state index >= 15 is 4.39 Å². The van der Waals surface area contributed by atoms with Crippen LogP contribution in [0.1, 0.15) is 40.4 Å². The number of benzene rings is 2. The fraction of sp³-hybridized carbons (Fsp3) is 0.261. The summed E-state index contributed by atoms with van der Waals surface area (Å²) < 4.78 is 62.0. The van der Waals surface area contributed by atoms with Crippen molar-refractivity contribution in [2.24, 2.45) is 0 Å². The molecule has 34 heavy (non-hydrogen) atoms. The first-order chi connectivity index (χ1) is 16.2. The van der Waals surface area contributed by atoms with Crippen molar-refractivity contribution in [2.75, 3.05) is 12.3 Å². The number of likely N-dealkylation sites (tertiary alicyclic amines) is 1. The van der Waals surface area contributed by atoms with Crippen LogP contribution < -0.4 is 10.5 Å². The number of aromatic nitrogens is 3. The van der Waals surface area contributed by atoms with E-state index in [2.05, 4.69) is 9.97 Å². The minimum atomic E-state index is -4.51. The Morgan fingerprint density at radius 3 is 2.79 bits per heavy atom. The van der Waals surface area contributed by atoms with Crippen LogP contribution in [0.4, 0.5) is 23.4 Å². The molecule has 2 N–H and O–H groups in total. The summed E-state index contributed by atoms with van der Waals surface area (Å²) in [6.45, 7) is 0.284. The minimum absolute atomic E-state index is 0.104. The first-order valence-corrected chi connectivity index (χ1v) is 10.6. The molecule has 7 nitrogen and oxygen atoms in total. The van der Waals surface area contributed by atoms with Crippen LogP contribution in [0.3, 0.4) is 0 Å². The van der Waals surface area contributed by atoms with Gasteiger partial charge < -0.3 is 15.4 Å². The standard InChI is InChI=1S/C23H17F4N5O2/c24-15-8-16-18(32-10-29-9-19(32)21(28)30-16)7-14(15)22(33)31-4-3-12-6-17(31)13-2-1-11(23(25,26)27)5-20(13)34-12/h1-2,5,7-10,12,17H,3-4,6H2,(H2,28,30)/t12-,17+/m0/s1. The van der Waals surface area contributed by atoms with Gasteiger partial charge in [-0.05, 0) is 18.2 Å². The van der Waals surface area contributed by atoms with Crippen molar-refractivity contribution in [1.82, 2.24) is 19.3 Å². The second kappa shape index (κ2) is 7.05. The number of halogens is 4. The van der Waals surface area contributed by atoms with Gasteiger partial charge in [-0.25, -0.2) is 14.4 Å². The van der Waals surface area contributed by atoms with Crippen LogP contribution in [-0.2, 0) is 6.18 Å². The Labute approximate surface area is 189 Å². The molecule has 1 fully saturated rings. The molecule has 2 atom stereocenters. The topological polar surface area (TPSA) is 85.8 Å². The van der Waals surface area contributed by atoms with Gasteiger partial charge in [-0.1, -0.05) is 6.07 Å². The lowest BCUT2D eigenvalue weighted by molar-refractivity contribution is -0.137. The molecular weight excluding hydrogens is 454 g/mol. The van der Waals surface area contributed by atoms with Crippen molar-refractivity contribution in [2.45, 2.75) is 31.2 Å². The molecule has 4 heterocycles. The zero-order chi connectivity index (χ0) is 23.8. The first-order valence-electron chi connectivity index (χ1n) is 10.6. The maximum Gasteiger partial charge on any atom is 0.416 e. The highest BCUT2D eigenvalue weighted by Gasteiger charge is 2.41. The third kappa shape index (κ3) is 3.06. The van der Waals surface area contributed by atoms with Crippen molar-refractivity contribution in [3.8, 4) is 5.75 Å². The summed E-state index contributed by atoms with van der Waals surface area (Å²) in [5, 5.41) is 0. The fourth-order valence-corrected chi connectivity index (χ4v) is 4.86. The second-order valence-electron chi connectivity index (χ2n) is 8.50. The Morgan fingerprint density at radius 1 is 1.18 bits per heavy atom. The predicted molar refractivity (Wildman–Crippen MR) is 114 cm³/mol. The van der Waals surface area contributed by atoms with E-state index in [1.807, 2.05) is 0 Å². The average molecular weight is 471 g/mol. The summed E-state index contributed by atoms with van der Waals surface area (Å²) in [5.74, 6) is -1.03. The van der Waals surface area contributed by atoms with Gasteiger partial charge in [-0.15, -0.1) is 0 Å². The number of hydrogen-bond acceptors (Lipinski definition) is 5. The minimum Gasteiger partial charge on any atom is -0.490 e. The molecule has 1 amide bonds. The Hall–Kier alpha value is -3.89. The lowest BCUT2D eigenvalue weighted by atomic mass is 9.88. The molecule has 2 aliphatic heterocycles. The molecule has 6 rings (SSSR count). The quantitative estimate of drug-likeness (QED) is 0.417. The number of fused-ring (bicyclic) bond motifs is 7. The third-order valence-corrected chi connectivity index (χ3v) is 6.50. The Bertz CT molecular complexity index is 1480. The molecule has 11 heteroatoms. The number of hydrogen-bond donors (Lipinski definition) is 1. The zero-order valence-corrected chi connectivity index (χ0v) is 17.5. The highest BCUT2D eigenvalue weighted by atomic mass is 19.4. The van der Waals surface area contributed by atoms with Crippen LogP contribution in [0.25, 0.3) is 16.6 Å². The van der Waals surface area contributed by atoms with E-state index in [1.54, 1.807) is 4.40 Å². The van der Waals surface area contributed by atoms with E-state index in [4.69, 9.17) is 10.5 Å². The molecule has 2 aliphatic rings. The number of anilines is 1. The number of amides is 1. The number of ether oxygens (including phenoxy) is 1. The summed E-state index contributed by atoms with van der Waals surface area (Å²) >= 11 is 0. The van der Waals surface area contributed by atoms with Crippen molar-refractivity contribution in [1.29, 1.82) is 0 Å². The third-order valence-electron chi connectivity index (χ3n) is 6.50. The molecular formula is C23H17F4N5O2. The van der Waals surface area contributed by atoms with Crippen molar-refractivity contribution >= 4 is 28.3 Å². The first kappa shape index (κ1) is 20.7. The lowest BCUT2D eigenvalue weighted by Crippen LogP contribution is -2.46. The number of carbonyl (C=O) groups is 1. The van der Waals surface area contributed by atoms with Gasteiger partial charge >= 0.3 is 6.18 Å². The molecule has 0 saturated carbocycles. The van der Waals surface area contributed by atoms with Gasteiger partial charge in [0.1, 0.15) is 29.0 Å². The van der Waals surface area contributed by atoms with Crippen molar-refractivity contribution in [3.05, 3.63) is 65.4 Å². The van der Waals surface area contributed by atoms with Gasteiger partial charge in [0.15, 0.2) is 0 Å². The normalized spacial score (nSPS) is 19.8. The molecule has 2 aromatic carbocycles. The van der Waals surface area contributed by atoms with Crippen LogP contribution >= 0.6 is 0 Å². The molecule has 0 spiro atoms. The number of rotatable bonds is 1. The van der Waals surface area contributed by atoms with E-state index in [0.717, 1.165) is 18.2 Å². The number of alkyl halides is 3. The Morgan fingerprint density at radius 2 is 2.00 bits per heavy atom. The molecule has 1 saturated heterocycles. The van der Waals surface area contributed by atoms with Gasteiger partial charge in [-0.3, -0.25) is 9.20 Å². The second-order valence-corrected chi connectivity index (χ2v) is 8.50. The number of nitrogen functional groups attached to an aromatic ring is 1. The van der Waals surface area contributed by atoms with E-state index < -0.39 is 29.5 Å². The van der Waals surface area contributed by atoms with Crippen molar-refractivity contribution in [3.63, 3.8) is 0 Å². The van der Waals surface area contributed by atoms with Gasteiger partial charge in [0.2, 0.25) is 0 Å². The monoisotopic (exact) mass is 471 g/mol.